The molecule has 2 amide bonds. The third-order valence-electron chi connectivity index (χ3n) is 5.39. The minimum absolute atomic E-state index is 0.00457. The molecule has 1 fully saturated rings. The van der Waals surface area contributed by atoms with Gasteiger partial charge in [-0.3, -0.25) is 14.3 Å². The maximum Gasteiger partial charge on any atom is 0.254 e. The number of nitrogens with one attached hydrogen (secondary N) is 1. The summed E-state index contributed by atoms with van der Waals surface area (Å²) in [5.41, 5.74) is 2.49. The first-order valence-electron chi connectivity index (χ1n) is 9.40. The SMILES string of the molecule is COc1ccc(C(=O)N2CCn3nc(CNC(=O)C4CCC4)cc3C2)cc1. The molecule has 0 unspecified atom stereocenters. The van der Waals surface area contributed by atoms with Gasteiger partial charge in [0.15, 0.2) is 0 Å². The Morgan fingerprint density at radius 3 is 2.67 bits per heavy atom. The first-order chi connectivity index (χ1) is 13.1. The van der Waals surface area contributed by atoms with Crippen LogP contribution in [-0.2, 0) is 24.4 Å². The van der Waals surface area contributed by atoms with Gasteiger partial charge in [0.25, 0.3) is 5.91 Å². The molecule has 2 heterocycles. The van der Waals surface area contributed by atoms with E-state index >= 15 is 0 Å². The number of hydrogen-bond acceptors (Lipinski definition) is 4. The van der Waals surface area contributed by atoms with E-state index in [0.717, 1.165) is 36.4 Å². The molecule has 7 heteroatoms. The Bertz CT molecular complexity index is 839. The highest BCUT2D eigenvalue weighted by Gasteiger charge is 2.26. The van der Waals surface area contributed by atoms with Gasteiger partial charge in [0.1, 0.15) is 5.75 Å². The van der Waals surface area contributed by atoms with E-state index in [9.17, 15) is 9.59 Å². The highest BCUT2D eigenvalue weighted by molar-refractivity contribution is 5.94. The Morgan fingerprint density at radius 2 is 2.00 bits per heavy atom. The first kappa shape index (κ1) is 17.6. The van der Waals surface area contributed by atoms with Crippen molar-refractivity contribution in [2.45, 2.75) is 38.9 Å². The second-order valence-electron chi connectivity index (χ2n) is 7.15. The zero-order chi connectivity index (χ0) is 18.8. The van der Waals surface area contributed by atoms with E-state index in [4.69, 9.17) is 4.74 Å². The van der Waals surface area contributed by atoms with Crippen molar-refractivity contribution in [3.8, 4) is 5.75 Å². The molecule has 1 aliphatic heterocycles. The summed E-state index contributed by atoms with van der Waals surface area (Å²) in [5.74, 6) is 1.05. The van der Waals surface area contributed by atoms with Crippen LogP contribution in [-0.4, -0.2) is 40.1 Å². The summed E-state index contributed by atoms with van der Waals surface area (Å²) in [5, 5.41) is 7.54. The molecule has 0 radical (unpaired) electrons. The van der Waals surface area contributed by atoms with Gasteiger partial charge in [0.2, 0.25) is 5.91 Å². The van der Waals surface area contributed by atoms with E-state index in [1.54, 1.807) is 31.4 Å². The fourth-order valence-corrected chi connectivity index (χ4v) is 3.49. The molecule has 1 saturated carbocycles. The Balaban J connectivity index is 1.38. The lowest BCUT2D eigenvalue weighted by molar-refractivity contribution is -0.127. The number of carbonyl (C=O) groups excluding carboxylic acids is 2. The predicted octanol–water partition coefficient (Wildman–Crippen LogP) is 1.96. The van der Waals surface area contributed by atoms with Crippen molar-refractivity contribution in [1.82, 2.24) is 20.0 Å². The molecular formula is C20H24N4O3. The fourth-order valence-electron chi connectivity index (χ4n) is 3.49. The normalized spacial score (nSPS) is 16.4. The maximum absolute atomic E-state index is 12.7. The number of aromatic nitrogens is 2. The van der Waals surface area contributed by atoms with Gasteiger partial charge in [0, 0.05) is 18.0 Å². The number of nitrogens with zero attached hydrogens (tertiary/aromatic N) is 3. The molecule has 1 aromatic heterocycles. The van der Waals surface area contributed by atoms with Crippen molar-refractivity contribution in [2.75, 3.05) is 13.7 Å². The largest absolute Gasteiger partial charge is 0.497 e. The number of carbonyl (C=O) groups is 2. The number of rotatable bonds is 5. The summed E-state index contributed by atoms with van der Waals surface area (Å²) in [6, 6.07) is 9.14. The molecule has 1 aromatic carbocycles. The van der Waals surface area contributed by atoms with Crippen LogP contribution in [0.25, 0.3) is 0 Å². The zero-order valence-electron chi connectivity index (χ0n) is 15.5. The van der Waals surface area contributed by atoms with Crippen LogP contribution in [0.4, 0.5) is 0 Å². The third kappa shape index (κ3) is 3.67. The van der Waals surface area contributed by atoms with Crippen LogP contribution in [0, 0.1) is 5.92 Å². The highest BCUT2D eigenvalue weighted by atomic mass is 16.5. The molecule has 2 aliphatic rings. The summed E-state index contributed by atoms with van der Waals surface area (Å²) in [6.07, 6.45) is 3.14. The predicted molar refractivity (Wildman–Crippen MR) is 99.1 cm³/mol. The number of hydrogen-bond donors (Lipinski definition) is 1. The average Bonchev–Trinajstić information content (AvgIpc) is 3.06. The third-order valence-corrected chi connectivity index (χ3v) is 5.39. The van der Waals surface area contributed by atoms with Crippen molar-refractivity contribution in [3.05, 3.63) is 47.3 Å². The van der Waals surface area contributed by atoms with Crippen LogP contribution in [0.3, 0.4) is 0 Å². The Hall–Kier alpha value is -2.83. The van der Waals surface area contributed by atoms with Gasteiger partial charge in [-0.15, -0.1) is 0 Å². The molecule has 1 N–H and O–H groups in total. The molecule has 2 aromatic rings. The highest BCUT2D eigenvalue weighted by Crippen LogP contribution is 2.26. The Labute approximate surface area is 158 Å². The molecule has 0 spiro atoms. The van der Waals surface area contributed by atoms with Gasteiger partial charge in [-0.05, 0) is 43.2 Å². The first-order valence-corrected chi connectivity index (χ1v) is 9.40. The van der Waals surface area contributed by atoms with Gasteiger partial charge < -0.3 is 15.0 Å². The molecule has 7 nitrogen and oxygen atoms in total. The van der Waals surface area contributed by atoms with Gasteiger partial charge in [-0.25, -0.2) is 0 Å². The van der Waals surface area contributed by atoms with E-state index < -0.39 is 0 Å². The molecular weight excluding hydrogens is 344 g/mol. The smallest absolute Gasteiger partial charge is 0.254 e. The molecule has 0 bridgehead atoms. The number of fused-ring (bicyclic) bond motifs is 1. The van der Waals surface area contributed by atoms with Gasteiger partial charge in [-0.2, -0.15) is 5.10 Å². The molecule has 142 valence electrons. The molecule has 1 aliphatic carbocycles. The summed E-state index contributed by atoms with van der Waals surface area (Å²) < 4.78 is 7.08. The minimum atomic E-state index is 0.00457. The maximum atomic E-state index is 12.7. The van der Waals surface area contributed by atoms with Crippen molar-refractivity contribution < 1.29 is 14.3 Å². The van der Waals surface area contributed by atoms with Gasteiger partial charge >= 0.3 is 0 Å². The number of ether oxygens (including phenoxy) is 1. The number of methoxy groups -OCH3 is 1. The topological polar surface area (TPSA) is 76.5 Å². The van der Waals surface area contributed by atoms with Crippen LogP contribution in [0.5, 0.6) is 5.75 Å². The van der Waals surface area contributed by atoms with E-state index in [1.165, 1.54) is 0 Å². The average molecular weight is 368 g/mol. The molecule has 4 rings (SSSR count). The van der Waals surface area contributed by atoms with Crippen molar-refractivity contribution >= 4 is 11.8 Å². The van der Waals surface area contributed by atoms with Crippen molar-refractivity contribution in [1.29, 1.82) is 0 Å². The summed E-state index contributed by atoms with van der Waals surface area (Å²) in [4.78, 5) is 26.6. The summed E-state index contributed by atoms with van der Waals surface area (Å²) in [7, 11) is 1.61. The number of benzene rings is 1. The Morgan fingerprint density at radius 1 is 1.22 bits per heavy atom. The standard InChI is InChI=1S/C20H24N4O3/c1-27-18-7-5-15(6-8-18)20(26)23-9-10-24-17(13-23)11-16(22-24)12-21-19(25)14-3-2-4-14/h5-8,11,14H,2-4,9-10,12-13H2,1H3,(H,21,25). The molecule has 0 saturated heterocycles. The minimum Gasteiger partial charge on any atom is -0.497 e. The van der Waals surface area contributed by atoms with Gasteiger partial charge in [-0.1, -0.05) is 6.42 Å². The zero-order valence-corrected chi connectivity index (χ0v) is 15.5. The van der Waals surface area contributed by atoms with E-state index in [0.29, 0.717) is 31.7 Å². The van der Waals surface area contributed by atoms with Crippen LogP contribution in [0.15, 0.2) is 30.3 Å². The lowest BCUT2D eigenvalue weighted by Crippen LogP contribution is -2.38. The van der Waals surface area contributed by atoms with E-state index in [1.807, 2.05) is 15.6 Å². The molecule has 0 atom stereocenters. The lowest BCUT2D eigenvalue weighted by Gasteiger charge is -2.27. The second kappa shape index (κ2) is 7.42. The van der Waals surface area contributed by atoms with E-state index in [2.05, 4.69) is 10.4 Å². The van der Waals surface area contributed by atoms with Crippen LogP contribution >= 0.6 is 0 Å². The Kier molecular flexibility index (Phi) is 4.83. The quantitative estimate of drug-likeness (QED) is 0.875. The lowest BCUT2D eigenvalue weighted by atomic mass is 9.85. The van der Waals surface area contributed by atoms with Crippen LogP contribution in [0.2, 0.25) is 0 Å². The summed E-state index contributed by atoms with van der Waals surface area (Å²) in [6.45, 7) is 2.25. The van der Waals surface area contributed by atoms with Crippen LogP contribution in [0.1, 0.15) is 41.0 Å². The van der Waals surface area contributed by atoms with Crippen LogP contribution < -0.4 is 10.1 Å². The number of amides is 2. The second-order valence-corrected chi connectivity index (χ2v) is 7.15. The monoisotopic (exact) mass is 368 g/mol. The summed E-state index contributed by atoms with van der Waals surface area (Å²) >= 11 is 0. The van der Waals surface area contributed by atoms with Gasteiger partial charge in [0.05, 0.1) is 38.1 Å². The van der Waals surface area contributed by atoms with Crippen molar-refractivity contribution in [2.24, 2.45) is 5.92 Å². The van der Waals surface area contributed by atoms with E-state index in [-0.39, 0.29) is 17.7 Å². The molecule has 27 heavy (non-hydrogen) atoms. The fraction of sp³-hybridized carbons (Fsp3) is 0.450. The van der Waals surface area contributed by atoms with Crippen molar-refractivity contribution in [3.63, 3.8) is 0 Å².